The number of carbonyl (C=O) groups is 1. The van der Waals surface area contributed by atoms with E-state index in [2.05, 4.69) is 45.7 Å². The highest BCUT2D eigenvalue weighted by molar-refractivity contribution is 6.03. The number of nitrogens with one attached hydrogen (secondary N) is 2. The number of anilines is 1. The molecule has 2 heterocycles. The molecule has 9 heteroatoms. The summed E-state index contributed by atoms with van der Waals surface area (Å²) in [6.07, 6.45) is 5.99. The minimum Gasteiger partial charge on any atom is -0.321 e. The van der Waals surface area contributed by atoms with Crippen LogP contribution >= 0.6 is 0 Å². The Morgan fingerprint density at radius 2 is 2.03 bits per heavy atom. The largest absolute Gasteiger partial charge is 0.321 e. The summed E-state index contributed by atoms with van der Waals surface area (Å²) in [6, 6.07) is 9.73. The lowest BCUT2D eigenvalue weighted by Crippen LogP contribution is -2.43. The first-order chi connectivity index (χ1) is 18.2. The number of hydrogen-bond acceptors (Lipinski definition) is 5. The van der Waals surface area contributed by atoms with Crippen LogP contribution in [0.5, 0.6) is 0 Å². The molecular weight excluding hydrogens is 486 g/mol. The number of aromatic nitrogens is 4. The molecule has 3 aliphatic carbocycles. The second-order valence-electron chi connectivity index (χ2n) is 11.6. The minimum absolute atomic E-state index is 0.0203. The van der Waals surface area contributed by atoms with Crippen molar-refractivity contribution in [2.24, 2.45) is 18.9 Å². The Morgan fingerprint density at radius 1 is 1.24 bits per heavy atom. The summed E-state index contributed by atoms with van der Waals surface area (Å²) in [4.78, 5) is 17.5. The summed E-state index contributed by atoms with van der Waals surface area (Å²) < 4.78 is 31.4. The first-order valence-corrected chi connectivity index (χ1v) is 13.6. The maximum Gasteiger partial charge on any atom is 0.290 e. The van der Waals surface area contributed by atoms with Gasteiger partial charge in [0.05, 0.1) is 5.41 Å². The number of aryl methyl sites for hydroxylation is 1. The van der Waals surface area contributed by atoms with Gasteiger partial charge in [0.2, 0.25) is 0 Å². The van der Waals surface area contributed by atoms with Gasteiger partial charge in [-0.05, 0) is 85.8 Å². The van der Waals surface area contributed by atoms with Gasteiger partial charge in [0.15, 0.2) is 0 Å². The predicted molar refractivity (Wildman–Crippen MR) is 140 cm³/mol. The number of halogens is 2. The molecule has 0 bridgehead atoms. The van der Waals surface area contributed by atoms with Crippen molar-refractivity contribution in [1.29, 1.82) is 0 Å². The van der Waals surface area contributed by atoms with E-state index >= 15 is 0 Å². The second kappa shape index (κ2) is 9.22. The first-order valence-electron chi connectivity index (χ1n) is 13.6. The monoisotopic (exact) mass is 520 g/mol. The van der Waals surface area contributed by atoms with Gasteiger partial charge in [-0.2, -0.15) is 8.78 Å². The summed E-state index contributed by atoms with van der Waals surface area (Å²) in [5.41, 5.74) is 2.47. The Hall–Kier alpha value is -3.20. The standard InChI is InChI=1S/C29H34F2N6O/c1-17-13-28(14-17,27-36-33-16-37(27)3)21-5-4-6-22(12-21)34-26(38)24-11-20(15-32-18(2)19-7-8-19)23-9-10-29(30,31)25(23)35-24/h4-6,11-12,16-19,32H,7-10,13-15H2,1-3H3,(H,34,38)/t17?,18-,28?/m0/s1. The zero-order chi connectivity index (χ0) is 26.7. The van der Waals surface area contributed by atoms with Crippen molar-refractivity contribution in [2.75, 3.05) is 5.32 Å². The van der Waals surface area contributed by atoms with E-state index in [1.54, 1.807) is 12.4 Å². The van der Waals surface area contributed by atoms with Gasteiger partial charge in [-0.1, -0.05) is 19.1 Å². The third kappa shape index (κ3) is 4.40. The number of alkyl halides is 2. The predicted octanol–water partition coefficient (Wildman–Crippen LogP) is 5.10. The maximum atomic E-state index is 14.7. The molecule has 0 spiro atoms. The Kier molecular flexibility index (Phi) is 6.09. The minimum atomic E-state index is -3.02. The van der Waals surface area contributed by atoms with Crippen LogP contribution in [0.3, 0.4) is 0 Å². The van der Waals surface area contributed by atoms with Crippen LogP contribution in [0.1, 0.15) is 84.6 Å². The van der Waals surface area contributed by atoms with Gasteiger partial charge >= 0.3 is 0 Å². The van der Waals surface area contributed by atoms with Crippen LogP contribution in [0.15, 0.2) is 36.7 Å². The van der Waals surface area contributed by atoms with Crippen molar-refractivity contribution in [3.05, 3.63) is 70.6 Å². The van der Waals surface area contributed by atoms with Gasteiger partial charge in [-0.25, -0.2) is 4.98 Å². The average molecular weight is 521 g/mol. The highest BCUT2D eigenvalue weighted by atomic mass is 19.3. The summed E-state index contributed by atoms with van der Waals surface area (Å²) in [5, 5.41) is 14.9. The van der Waals surface area contributed by atoms with E-state index in [-0.39, 0.29) is 29.6 Å². The van der Waals surface area contributed by atoms with Gasteiger partial charge in [0.25, 0.3) is 11.8 Å². The molecule has 2 N–H and O–H groups in total. The molecule has 0 saturated heterocycles. The average Bonchev–Trinajstić information content (AvgIpc) is 3.57. The molecule has 2 saturated carbocycles. The van der Waals surface area contributed by atoms with Gasteiger partial charge in [0, 0.05) is 31.7 Å². The number of nitrogens with zero attached hydrogens (tertiary/aromatic N) is 4. The van der Waals surface area contributed by atoms with E-state index in [0.29, 0.717) is 35.7 Å². The Labute approximate surface area is 221 Å². The van der Waals surface area contributed by atoms with E-state index in [0.717, 1.165) is 29.8 Å². The van der Waals surface area contributed by atoms with E-state index in [1.807, 2.05) is 29.8 Å². The molecule has 0 unspecified atom stereocenters. The van der Waals surface area contributed by atoms with Gasteiger partial charge in [0.1, 0.15) is 23.5 Å². The molecule has 6 rings (SSSR count). The topological polar surface area (TPSA) is 84.7 Å². The van der Waals surface area contributed by atoms with Crippen molar-refractivity contribution in [3.63, 3.8) is 0 Å². The fourth-order valence-corrected chi connectivity index (χ4v) is 6.40. The number of benzene rings is 1. The molecular formula is C29H34F2N6O. The second-order valence-corrected chi connectivity index (χ2v) is 11.6. The number of hydrogen-bond donors (Lipinski definition) is 2. The van der Waals surface area contributed by atoms with Crippen LogP contribution in [-0.2, 0) is 31.4 Å². The van der Waals surface area contributed by atoms with E-state index in [4.69, 9.17) is 0 Å². The molecule has 1 aromatic carbocycles. The molecule has 38 heavy (non-hydrogen) atoms. The van der Waals surface area contributed by atoms with E-state index in [1.165, 1.54) is 12.8 Å². The maximum absolute atomic E-state index is 14.7. The van der Waals surface area contributed by atoms with Crippen molar-refractivity contribution >= 4 is 11.6 Å². The molecule has 2 fully saturated rings. The fourth-order valence-electron chi connectivity index (χ4n) is 6.40. The molecule has 1 amide bonds. The van der Waals surface area contributed by atoms with Crippen LogP contribution in [0, 0.1) is 11.8 Å². The smallest absolute Gasteiger partial charge is 0.290 e. The number of amides is 1. The summed E-state index contributed by atoms with van der Waals surface area (Å²) >= 11 is 0. The zero-order valence-corrected chi connectivity index (χ0v) is 22.1. The first kappa shape index (κ1) is 25.1. The quantitative estimate of drug-likeness (QED) is 0.432. The lowest BCUT2D eigenvalue weighted by atomic mass is 9.58. The number of fused-ring (bicyclic) bond motifs is 1. The van der Waals surface area contributed by atoms with Crippen molar-refractivity contribution in [1.82, 2.24) is 25.1 Å². The molecule has 1 atom stereocenters. The van der Waals surface area contributed by atoms with Crippen LogP contribution in [0.25, 0.3) is 0 Å². The van der Waals surface area contributed by atoms with Crippen LogP contribution in [0.2, 0.25) is 0 Å². The molecule has 200 valence electrons. The van der Waals surface area contributed by atoms with Crippen molar-refractivity contribution < 1.29 is 13.6 Å². The summed E-state index contributed by atoms with van der Waals surface area (Å²) in [7, 11) is 1.94. The number of pyridine rings is 1. The molecule has 2 aromatic heterocycles. The molecule has 0 aliphatic heterocycles. The molecule has 0 radical (unpaired) electrons. The van der Waals surface area contributed by atoms with Crippen molar-refractivity contribution in [2.45, 2.75) is 76.3 Å². The van der Waals surface area contributed by atoms with Crippen LogP contribution in [0.4, 0.5) is 14.5 Å². The third-order valence-corrected chi connectivity index (χ3v) is 8.63. The Balaban J connectivity index is 1.27. The number of carbonyl (C=O) groups excluding carboxylic acids is 1. The molecule has 7 nitrogen and oxygen atoms in total. The summed E-state index contributed by atoms with van der Waals surface area (Å²) in [5.74, 6) is -1.41. The fraction of sp³-hybridized carbons (Fsp3) is 0.517. The van der Waals surface area contributed by atoms with Gasteiger partial charge < -0.3 is 15.2 Å². The molecule has 3 aromatic rings. The highest BCUT2D eigenvalue weighted by Gasteiger charge is 2.48. The zero-order valence-electron chi connectivity index (χ0n) is 22.1. The lowest BCUT2D eigenvalue weighted by Gasteiger charge is -2.46. The highest BCUT2D eigenvalue weighted by Crippen LogP contribution is 2.51. The third-order valence-electron chi connectivity index (χ3n) is 8.63. The lowest BCUT2D eigenvalue weighted by molar-refractivity contribution is -0.00602. The SMILES string of the molecule is CC1CC(c2cccc(NC(=O)c3cc(CN[C@@H](C)C4CC4)c4c(n3)C(F)(F)CC4)c2)(c2nncn2C)C1. The van der Waals surface area contributed by atoms with E-state index in [9.17, 15) is 13.6 Å². The van der Waals surface area contributed by atoms with Gasteiger partial charge in [-0.3, -0.25) is 4.79 Å². The Bertz CT molecular complexity index is 1380. The Morgan fingerprint density at radius 3 is 2.71 bits per heavy atom. The van der Waals surface area contributed by atoms with Crippen molar-refractivity contribution in [3.8, 4) is 0 Å². The van der Waals surface area contributed by atoms with Crippen LogP contribution in [-0.4, -0.2) is 31.7 Å². The van der Waals surface area contributed by atoms with Gasteiger partial charge in [-0.15, -0.1) is 10.2 Å². The molecule has 3 aliphatic rings. The van der Waals surface area contributed by atoms with Crippen LogP contribution < -0.4 is 10.6 Å². The normalized spacial score (nSPS) is 24.5. The number of rotatable bonds is 8. The summed E-state index contributed by atoms with van der Waals surface area (Å²) in [6.45, 7) is 4.80. The van der Waals surface area contributed by atoms with E-state index < -0.39 is 11.8 Å².